The van der Waals surface area contributed by atoms with Crippen molar-refractivity contribution in [3.8, 4) is 12.3 Å². The number of rotatable bonds is 1. The van der Waals surface area contributed by atoms with Crippen LogP contribution in [0.25, 0.3) is 0 Å². The third-order valence-corrected chi connectivity index (χ3v) is 2.50. The van der Waals surface area contributed by atoms with Gasteiger partial charge in [0, 0.05) is 0 Å². The number of thioether (sulfide) groups is 1. The highest BCUT2D eigenvalue weighted by atomic mass is 32.2. The van der Waals surface area contributed by atoms with Crippen LogP contribution >= 0.6 is 11.8 Å². The first-order chi connectivity index (χ1) is 7.71. The van der Waals surface area contributed by atoms with Crippen molar-refractivity contribution in [3.05, 3.63) is 29.3 Å². The van der Waals surface area contributed by atoms with Gasteiger partial charge in [0.1, 0.15) is 0 Å². The Hall–Kier alpha value is -1.98. The first-order valence-corrected chi connectivity index (χ1v) is 5.72. The molecule has 1 N–H and O–H groups in total. The maximum Gasteiger partial charge on any atom is 0.183 e. The number of benzene rings is 1. The average molecular weight is 230 g/mol. The number of amidine groups is 1. The molecular weight excluding hydrogens is 220 g/mol. The van der Waals surface area contributed by atoms with Gasteiger partial charge in [-0.25, -0.2) is 4.99 Å². The minimum Gasteiger partial charge on any atom is -0.271 e. The Bertz CT molecular complexity index is 494. The molecule has 1 aromatic carbocycles. The van der Waals surface area contributed by atoms with Crippen LogP contribution < -0.4 is 5.32 Å². The maximum atomic E-state index is 8.78. The lowest BCUT2D eigenvalue weighted by atomic mass is 10.1. The fourth-order valence-electron chi connectivity index (χ4n) is 1.13. The van der Waals surface area contributed by atoms with Gasteiger partial charge in [0.05, 0.1) is 17.3 Å². The molecule has 5 heteroatoms. The molecule has 0 saturated carbocycles. The summed E-state index contributed by atoms with van der Waals surface area (Å²) in [5.41, 5.74) is 2.24. The van der Waals surface area contributed by atoms with Gasteiger partial charge in [-0.1, -0.05) is 11.8 Å². The second-order valence-electron chi connectivity index (χ2n) is 2.97. The van der Waals surface area contributed by atoms with Crippen LogP contribution in [0.2, 0.25) is 0 Å². The van der Waals surface area contributed by atoms with E-state index in [2.05, 4.69) is 16.4 Å². The number of nitrogens with one attached hydrogen (secondary N) is 1. The second-order valence-corrected chi connectivity index (χ2v) is 3.76. The zero-order valence-electron chi connectivity index (χ0n) is 8.98. The average Bonchev–Trinajstić information content (AvgIpc) is 2.28. The molecule has 16 heavy (non-hydrogen) atoms. The van der Waals surface area contributed by atoms with Gasteiger partial charge in [0.25, 0.3) is 0 Å². The molecule has 0 aromatic heterocycles. The Balaban J connectivity index is 3.03. The summed E-state index contributed by atoms with van der Waals surface area (Å²) in [6, 6.07) is 7.38. The third kappa shape index (κ3) is 3.01. The van der Waals surface area contributed by atoms with Crippen LogP contribution in [0.1, 0.15) is 11.1 Å². The van der Waals surface area contributed by atoms with E-state index in [-0.39, 0.29) is 0 Å². The summed E-state index contributed by atoms with van der Waals surface area (Å²) >= 11 is 1.36. The summed E-state index contributed by atoms with van der Waals surface area (Å²) in [5.74, 6) is 0. The van der Waals surface area contributed by atoms with Gasteiger partial charge in [0.15, 0.2) is 11.4 Å². The standard InChI is InChI=1S/C11H10N4S/c1-8-5-10(4-3-9(8)6-12)15-11(16-2)14-7-13/h3-5H,1-2H3,(H,14,15). The van der Waals surface area contributed by atoms with E-state index in [1.54, 1.807) is 12.1 Å². The maximum absolute atomic E-state index is 8.78. The Labute approximate surface area is 98.6 Å². The van der Waals surface area contributed by atoms with Gasteiger partial charge in [-0.3, -0.25) is 5.32 Å². The van der Waals surface area contributed by atoms with E-state index >= 15 is 0 Å². The molecule has 0 atom stereocenters. The van der Waals surface area contributed by atoms with Crippen molar-refractivity contribution in [1.29, 1.82) is 10.5 Å². The first-order valence-electron chi connectivity index (χ1n) is 4.49. The van der Waals surface area contributed by atoms with Gasteiger partial charge in [-0.2, -0.15) is 10.5 Å². The molecular formula is C11H10N4S. The van der Waals surface area contributed by atoms with Crippen molar-refractivity contribution >= 4 is 22.6 Å². The monoisotopic (exact) mass is 230 g/mol. The molecule has 4 nitrogen and oxygen atoms in total. The topological polar surface area (TPSA) is 72.0 Å². The smallest absolute Gasteiger partial charge is 0.183 e. The molecule has 0 heterocycles. The van der Waals surface area contributed by atoms with Gasteiger partial charge in [-0.15, -0.1) is 0 Å². The molecule has 0 aliphatic heterocycles. The highest BCUT2D eigenvalue weighted by molar-refractivity contribution is 8.13. The Kier molecular flexibility index (Phi) is 4.38. The summed E-state index contributed by atoms with van der Waals surface area (Å²) in [7, 11) is 0. The number of nitrogens with zero attached hydrogens (tertiary/aromatic N) is 3. The molecule has 0 aliphatic carbocycles. The van der Waals surface area contributed by atoms with Gasteiger partial charge in [-0.05, 0) is 36.9 Å². The van der Waals surface area contributed by atoms with E-state index in [0.29, 0.717) is 10.7 Å². The Morgan fingerprint density at radius 1 is 1.44 bits per heavy atom. The van der Waals surface area contributed by atoms with Crippen molar-refractivity contribution in [2.24, 2.45) is 4.99 Å². The van der Waals surface area contributed by atoms with Gasteiger partial charge < -0.3 is 0 Å². The van der Waals surface area contributed by atoms with Crippen LogP contribution in [0.3, 0.4) is 0 Å². The summed E-state index contributed by atoms with van der Waals surface area (Å²) in [6.07, 6.45) is 3.66. The first kappa shape index (κ1) is 12.1. The number of nitriles is 2. The Morgan fingerprint density at radius 3 is 2.69 bits per heavy atom. The van der Waals surface area contributed by atoms with E-state index in [0.717, 1.165) is 11.3 Å². The fraction of sp³-hybridized carbons (Fsp3) is 0.182. The molecule has 0 bridgehead atoms. The van der Waals surface area contributed by atoms with Crippen LogP contribution in [0.5, 0.6) is 0 Å². The van der Waals surface area contributed by atoms with Gasteiger partial charge >= 0.3 is 0 Å². The minimum absolute atomic E-state index is 0.534. The molecule has 0 amide bonds. The lowest BCUT2D eigenvalue weighted by molar-refractivity contribution is 1.27. The van der Waals surface area contributed by atoms with E-state index in [9.17, 15) is 0 Å². The number of aryl methyl sites for hydroxylation is 1. The quantitative estimate of drug-likeness (QED) is 0.348. The lowest BCUT2D eigenvalue weighted by Gasteiger charge is -2.01. The van der Waals surface area contributed by atoms with Crippen LogP contribution in [-0.2, 0) is 0 Å². The van der Waals surface area contributed by atoms with Crippen LogP contribution in [0.4, 0.5) is 5.69 Å². The summed E-state index contributed by atoms with van der Waals surface area (Å²) in [4.78, 5) is 4.24. The predicted molar refractivity (Wildman–Crippen MR) is 65.3 cm³/mol. The number of hydrogen-bond donors (Lipinski definition) is 1. The zero-order chi connectivity index (χ0) is 12.0. The van der Waals surface area contributed by atoms with E-state index in [4.69, 9.17) is 10.5 Å². The number of hydrogen-bond acceptors (Lipinski definition) is 4. The molecule has 1 rings (SSSR count). The minimum atomic E-state index is 0.534. The summed E-state index contributed by atoms with van der Waals surface area (Å²) in [6.45, 7) is 1.86. The fourth-order valence-corrected chi connectivity index (χ4v) is 1.48. The van der Waals surface area contributed by atoms with E-state index < -0.39 is 0 Å². The SMILES string of the molecule is CSC(=Nc1ccc(C#N)c(C)c1)NC#N. The lowest BCUT2D eigenvalue weighted by Crippen LogP contribution is -2.12. The van der Waals surface area contributed by atoms with E-state index in [1.807, 2.05) is 25.4 Å². The van der Waals surface area contributed by atoms with Crippen molar-refractivity contribution in [1.82, 2.24) is 5.32 Å². The highest BCUT2D eigenvalue weighted by Gasteiger charge is 2.00. The largest absolute Gasteiger partial charge is 0.271 e. The van der Waals surface area contributed by atoms with Gasteiger partial charge in [0.2, 0.25) is 0 Å². The van der Waals surface area contributed by atoms with Crippen LogP contribution in [-0.4, -0.2) is 11.4 Å². The van der Waals surface area contributed by atoms with Crippen molar-refractivity contribution in [3.63, 3.8) is 0 Å². The van der Waals surface area contributed by atoms with Crippen LogP contribution in [0.15, 0.2) is 23.2 Å². The molecule has 0 saturated heterocycles. The molecule has 80 valence electrons. The van der Waals surface area contributed by atoms with Crippen molar-refractivity contribution < 1.29 is 0 Å². The zero-order valence-corrected chi connectivity index (χ0v) is 9.80. The van der Waals surface area contributed by atoms with Crippen molar-refractivity contribution in [2.75, 3.05) is 6.26 Å². The predicted octanol–water partition coefficient (Wildman–Crippen LogP) is 2.29. The molecule has 1 aromatic rings. The van der Waals surface area contributed by atoms with E-state index in [1.165, 1.54) is 11.8 Å². The Morgan fingerprint density at radius 2 is 2.19 bits per heavy atom. The molecule has 0 fully saturated rings. The third-order valence-electron chi connectivity index (χ3n) is 1.92. The highest BCUT2D eigenvalue weighted by Crippen LogP contribution is 2.18. The normalized spacial score (nSPS) is 10.4. The second kappa shape index (κ2) is 5.79. The summed E-state index contributed by atoms with van der Waals surface area (Å²) in [5, 5.41) is 20.3. The molecule has 0 aliphatic rings. The molecule has 0 spiro atoms. The number of aliphatic imine (C=N–C) groups is 1. The molecule has 0 radical (unpaired) electrons. The van der Waals surface area contributed by atoms with Crippen LogP contribution in [0, 0.1) is 29.7 Å². The summed E-state index contributed by atoms with van der Waals surface area (Å²) < 4.78 is 0. The molecule has 0 unspecified atom stereocenters. The van der Waals surface area contributed by atoms with Crippen molar-refractivity contribution in [2.45, 2.75) is 6.92 Å².